The summed E-state index contributed by atoms with van der Waals surface area (Å²) in [6.07, 6.45) is 0. The number of hydrogen-bond acceptors (Lipinski definition) is 0. The van der Waals surface area contributed by atoms with E-state index in [1.54, 1.807) is 0 Å². The topological polar surface area (TPSA) is 0 Å². The molecule has 0 aliphatic carbocycles. The van der Waals surface area contributed by atoms with Crippen LogP contribution in [0.25, 0.3) is 0 Å². The maximum atomic E-state index is 3.93. The smallest absolute Gasteiger partial charge is 0.0598 e. The first-order chi connectivity index (χ1) is 3.18. The van der Waals surface area contributed by atoms with Crippen molar-refractivity contribution in [1.29, 1.82) is 0 Å². The summed E-state index contributed by atoms with van der Waals surface area (Å²) in [4.78, 5) is 0. The van der Waals surface area contributed by atoms with Crippen LogP contribution in [0.1, 0.15) is 0 Å². The van der Waals surface area contributed by atoms with Gasteiger partial charge in [-0.1, -0.05) is 40.9 Å². The van der Waals surface area contributed by atoms with Gasteiger partial charge >= 0.3 is 0 Å². The number of allylic oxidation sites excluding steroid dienone is 1. The molecule has 0 fully saturated rings. The van der Waals surface area contributed by atoms with Crippen LogP contribution in [0.4, 0.5) is 0 Å². The van der Waals surface area contributed by atoms with Gasteiger partial charge in [0.15, 0.2) is 0 Å². The van der Waals surface area contributed by atoms with Crippen molar-refractivity contribution in [3.63, 3.8) is 0 Å². The quantitative estimate of drug-likeness (QED) is 0.384. The first-order valence-corrected chi connectivity index (χ1v) is 6.83. The fourth-order valence-corrected chi connectivity index (χ4v) is 3.11. The van der Waals surface area contributed by atoms with Crippen molar-refractivity contribution >= 4 is 31.4 Å². The third-order valence-corrected chi connectivity index (χ3v) is 4.64. The molecule has 0 aliphatic rings. The van der Waals surface area contributed by atoms with Crippen molar-refractivity contribution in [3.8, 4) is 0 Å². The van der Waals surface area contributed by atoms with Crippen LogP contribution < -0.4 is 0 Å². The molecule has 0 amide bonds. The van der Waals surface area contributed by atoms with Crippen LogP contribution >= 0.6 is 22.6 Å². The van der Waals surface area contributed by atoms with E-state index in [0.29, 0.717) is 0 Å². The van der Waals surface area contributed by atoms with Crippen molar-refractivity contribution in [2.24, 2.45) is 0 Å². The number of rotatable bonds is 2. The Balaban J connectivity index is 3.35. The summed E-state index contributed by atoms with van der Waals surface area (Å²) in [5.74, 6) is 0. The van der Waals surface area contributed by atoms with Crippen LogP contribution in [0, 0.1) is 0 Å². The summed E-state index contributed by atoms with van der Waals surface area (Å²) < 4.78 is 1.15. The molecule has 0 rings (SSSR count). The fourth-order valence-electron chi connectivity index (χ4n) is 0.154. The number of halogens is 1. The van der Waals surface area contributed by atoms with Gasteiger partial charge in [-0.3, -0.25) is 0 Å². The molecule has 0 N–H and O–H groups in total. The molecule has 0 saturated heterocycles. The maximum Gasteiger partial charge on any atom is 0.0598 e. The van der Waals surface area contributed by atoms with Crippen LogP contribution in [-0.2, 0) is 0 Å². The zero-order chi connectivity index (χ0) is 5.86. The normalized spacial score (nSPS) is 9.71. The Labute approximate surface area is 60.7 Å². The Morgan fingerprint density at radius 1 is 1.71 bits per heavy atom. The largest absolute Gasteiger partial charge is 0.103 e. The van der Waals surface area contributed by atoms with Gasteiger partial charge in [0.05, 0.1) is 8.80 Å². The molecule has 0 nitrogen and oxygen atoms in total. The molecule has 0 aliphatic heterocycles. The van der Waals surface area contributed by atoms with Crippen molar-refractivity contribution in [2.45, 2.75) is 13.1 Å². The minimum Gasteiger partial charge on any atom is -0.103 e. The third-order valence-electron chi connectivity index (χ3n) is 0.988. The minimum absolute atomic E-state index is 0.467. The van der Waals surface area contributed by atoms with Crippen LogP contribution in [-0.4, -0.2) is 13.2 Å². The van der Waals surface area contributed by atoms with E-state index in [0.717, 1.165) is 4.43 Å². The molecule has 0 radical (unpaired) electrons. The molecule has 0 saturated carbocycles. The van der Waals surface area contributed by atoms with Gasteiger partial charge in [-0.15, -0.1) is 6.58 Å². The van der Waals surface area contributed by atoms with E-state index in [4.69, 9.17) is 0 Å². The minimum atomic E-state index is -0.467. The highest BCUT2D eigenvalue weighted by Crippen LogP contribution is 2.00. The average molecular weight is 226 g/mol. The van der Waals surface area contributed by atoms with E-state index in [9.17, 15) is 0 Å². The van der Waals surface area contributed by atoms with Gasteiger partial charge in [-0.2, -0.15) is 0 Å². The summed E-state index contributed by atoms with van der Waals surface area (Å²) >= 11 is 2.36. The molecule has 0 bridgehead atoms. The van der Waals surface area contributed by atoms with Gasteiger partial charge in [0.2, 0.25) is 0 Å². The molecule has 0 aromatic rings. The monoisotopic (exact) mass is 226 g/mol. The summed E-state index contributed by atoms with van der Waals surface area (Å²) in [5.41, 5.74) is 0. The Morgan fingerprint density at radius 2 is 2.14 bits per heavy atom. The van der Waals surface area contributed by atoms with Crippen molar-refractivity contribution < 1.29 is 0 Å². The number of alkyl halides is 1. The standard InChI is InChI=1S/C5H11ISi/c1-5(4-6)7(2)3/h7H,1,4H2,2-3H3. The summed E-state index contributed by atoms with van der Waals surface area (Å²) in [7, 11) is -0.467. The molecule has 0 heterocycles. The van der Waals surface area contributed by atoms with Crippen molar-refractivity contribution in [3.05, 3.63) is 11.8 Å². The fraction of sp³-hybridized carbons (Fsp3) is 0.600. The SMILES string of the molecule is C=C(CI)[SiH](C)C. The zero-order valence-electron chi connectivity index (χ0n) is 4.87. The second-order valence-corrected chi connectivity index (χ2v) is 5.84. The molecule has 2 heteroatoms. The Kier molecular flexibility index (Phi) is 4.02. The Hall–Kier alpha value is 0.687. The zero-order valence-corrected chi connectivity index (χ0v) is 8.18. The van der Waals surface area contributed by atoms with Gasteiger partial charge in [0, 0.05) is 4.43 Å². The lowest BCUT2D eigenvalue weighted by Crippen LogP contribution is -2.04. The second-order valence-electron chi connectivity index (χ2n) is 1.95. The van der Waals surface area contributed by atoms with E-state index >= 15 is 0 Å². The summed E-state index contributed by atoms with van der Waals surface area (Å²) in [6, 6.07) is 0. The van der Waals surface area contributed by atoms with Gasteiger partial charge in [0.1, 0.15) is 0 Å². The van der Waals surface area contributed by atoms with Crippen LogP contribution in [0.5, 0.6) is 0 Å². The first-order valence-electron chi connectivity index (χ1n) is 2.42. The molecule has 0 atom stereocenters. The van der Waals surface area contributed by atoms with E-state index in [1.807, 2.05) is 0 Å². The number of hydrogen-bond donors (Lipinski definition) is 0. The molecule has 0 aromatic heterocycles. The Bertz CT molecular complexity index is 68.5. The molecule has 0 spiro atoms. The lowest BCUT2D eigenvalue weighted by atomic mass is 10.8. The second kappa shape index (κ2) is 3.66. The van der Waals surface area contributed by atoms with Crippen LogP contribution in [0.15, 0.2) is 11.8 Å². The van der Waals surface area contributed by atoms with E-state index < -0.39 is 8.80 Å². The predicted octanol–water partition coefficient (Wildman–Crippen LogP) is 2.00. The van der Waals surface area contributed by atoms with Gasteiger partial charge in [-0.25, -0.2) is 0 Å². The highest BCUT2D eigenvalue weighted by molar-refractivity contribution is 14.1. The van der Waals surface area contributed by atoms with Gasteiger partial charge in [0.25, 0.3) is 0 Å². The molecule has 42 valence electrons. The average Bonchev–Trinajstić information content (AvgIpc) is 1.65. The Morgan fingerprint density at radius 3 is 2.14 bits per heavy atom. The van der Waals surface area contributed by atoms with Gasteiger partial charge < -0.3 is 0 Å². The van der Waals surface area contributed by atoms with Gasteiger partial charge in [-0.05, 0) is 0 Å². The molecular weight excluding hydrogens is 215 g/mol. The summed E-state index contributed by atoms with van der Waals surface area (Å²) in [5, 5.41) is 1.47. The van der Waals surface area contributed by atoms with Crippen molar-refractivity contribution in [2.75, 3.05) is 4.43 Å². The molecule has 7 heavy (non-hydrogen) atoms. The van der Waals surface area contributed by atoms with E-state index in [-0.39, 0.29) is 0 Å². The maximum absolute atomic E-state index is 3.93. The van der Waals surface area contributed by atoms with Crippen LogP contribution in [0.2, 0.25) is 13.1 Å². The lowest BCUT2D eigenvalue weighted by Gasteiger charge is -2.00. The molecule has 0 aromatic carbocycles. The predicted molar refractivity (Wildman–Crippen MR) is 46.9 cm³/mol. The summed E-state index contributed by atoms with van der Waals surface area (Å²) in [6.45, 7) is 8.54. The van der Waals surface area contributed by atoms with Crippen molar-refractivity contribution in [1.82, 2.24) is 0 Å². The molecule has 0 unspecified atom stereocenters. The third kappa shape index (κ3) is 3.29. The lowest BCUT2D eigenvalue weighted by molar-refractivity contribution is 1.71. The first kappa shape index (κ1) is 7.69. The highest BCUT2D eigenvalue weighted by atomic mass is 127. The highest BCUT2D eigenvalue weighted by Gasteiger charge is 1.96. The van der Waals surface area contributed by atoms with Crippen LogP contribution in [0.3, 0.4) is 0 Å². The van der Waals surface area contributed by atoms with E-state index in [2.05, 4.69) is 42.3 Å². The molecular formula is C5H11ISi. The van der Waals surface area contributed by atoms with E-state index in [1.165, 1.54) is 5.20 Å².